The first-order chi connectivity index (χ1) is 9.70. The lowest BCUT2D eigenvalue weighted by Crippen LogP contribution is -2.13. The van der Waals surface area contributed by atoms with Crippen molar-refractivity contribution in [1.82, 2.24) is 0 Å². The third-order valence-corrected chi connectivity index (χ3v) is 2.90. The van der Waals surface area contributed by atoms with Crippen molar-refractivity contribution in [3.8, 4) is 12.1 Å². The summed E-state index contributed by atoms with van der Waals surface area (Å²) in [5.41, 5.74) is -1.65. The van der Waals surface area contributed by atoms with Crippen molar-refractivity contribution in [2.75, 3.05) is 0 Å². The largest absolute Gasteiger partial charge is 0.416 e. The standard InChI is InChI=1S/C12H5Cl2F3N4/c13-8-1-6(12(15,16)17)2-9(14)7(8)5-21-11(4-19)10(20)3-18/h1-2,5,11,20H. The van der Waals surface area contributed by atoms with Crippen LogP contribution in [0.15, 0.2) is 17.1 Å². The zero-order chi connectivity index (χ0) is 16.2. The molecule has 0 saturated carbocycles. The van der Waals surface area contributed by atoms with Gasteiger partial charge in [-0.1, -0.05) is 23.2 Å². The van der Waals surface area contributed by atoms with Gasteiger partial charge in [0.25, 0.3) is 0 Å². The van der Waals surface area contributed by atoms with Crippen molar-refractivity contribution in [3.05, 3.63) is 33.3 Å². The average molecular weight is 333 g/mol. The molecule has 0 bridgehead atoms. The van der Waals surface area contributed by atoms with E-state index >= 15 is 0 Å². The molecule has 1 unspecified atom stereocenters. The van der Waals surface area contributed by atoms with Crippen LogP contribution in [-0.2, 0) is 6.18 Å². The first-order valence-corrected chi connectivity index (χ1v) is 5.94. The fourth-order valence-electron chi connectivity index (χ4n) is 1.25. The number of alkyl halides is 3. The Balaban J connectivity index is 3.20. The highest BCUT2D eigenvalue weighted by Crippen LogP contribution is 2.35. The van der Waals surface area contributed by atoms with E-state index in [0.29, 0.717) is 12.1 Å². The maximum atomic E-state index is 12.5. The van der Waals surface area contributed by atoms with E-state index in [9.17, 15) is 13.2 Å². The summed E-state index contributed by atoms with van der Waals surface area (Å²) in [6.07, 6.45) is -3.63. The molecule has 9 heteroatoms. The van der Waals surface area contributed by atoms with Gasteiger partial charge in [0, 0.05) is 11.8 Å². The van der Waals surface area contributed by atoms with Crippen LogP contribution in [0.25, 0.3) is 0 Å². The number of halogens is 5. The lowest BCUT2D eigenvalue weighted by atomic mass is 10.1. The van der Waals surface area contributed by atoms with Gasteiger partial charge in [-0.3, -0.25) is 10.4 Å². The molecule has 0 radical (unpaired) electrons. The quantitative estimate of drug-likeness (QED) is 0.852. The predicted octanol–water partition coefficient (Wildman–Crippen LogP) is 3.87. The molecule has 0 fully saturated rings. The Kier molecular flexibility index (Phi) is 5.31. The third kappa shape index (κ3) is 4.19. The van der Waals surface area contributed by atoms with Gasteiger partial charge >= 0.3 is 6.18 Å². The van der Waals surface area contributed by atoms with Crippen LogP contribution in [0.2, 0.25) is 10.0 Å². The second-order valence-corrected chi connectivity index (χ2v) is 4.50. The first kappa shape index (κ1) is 17.0. The Morgan fingerprint density at radius 2 is 1.81 bits per heavy atom. The zero-order valence-corrected chi connectivity index (χ0v) is 11.6. The van der Waals surface area contributed by atoms with E-state index in [2.05, 4.69) is 4.99 Å². The smallest absolute Gasteiger partial charge is 0.291 e. The van der Waals surface area contributed by atoms with Crippen LogP contribution < -0.4 is 0 Å². The van der Waals surface area contributed by atoms with Crippen LogP contribution in [0.3, 0.4) is 0 Å². The zero-order valence-electron chi connectivity index (χ0n) is 10.0. The highest BCUT2D eigenvalue weighted by Gasteiger charge is 2.31. The van der Waals surface area contributed by atoms with E-state index in [1.165, 1.54) is 6.07 Å². The second kappa shape index (κ2) is 6.57. The number of nitrogens with zero attached hydrogens (tertiary/aromatic N) is 3. The van der Waals surface area contributed by atoms with Crippen LogP contribution in [0.5, 0.6) is 0 Å². The van der Waals surface area contributed by atoms with E-state index in [1.807, 2.05) is 0 Å². The van der Waals surface area contributed by atoms with Gasteiger partial charge in [0.2, 0.25) is 0 Å². The van der Waals surface area contributed by atoms with E-state index < -0.39 is 23.5 Å². The van der Waals surface area contributed by atoms with Crippen LogP contribution >= 0.6 is 23.2 Å². The third-order valence-electron chi connectivity index (χ3n) is 2.28. The maximum absolute atomic E-state index is 12.5. The highest BCUT2D eigenvalue weighted by molar-refractivity contribution is 6.38. The number of nitriles is 2. The van der Waals surface area contributed by atoms with Gasteiger partial charge in [0.1, 0.15) is 11.8 Å². The number of hydrogen-bond acceptors (Lipinski definition) is 4. The molecule has 0 aliphatic heterocycles. The summed E-state index contributed by atoms with van der Waals surface area (Å²) in [5.74, 6) is 0. The average Bonchev–Trinajstić information content (AvgIpc) is 2.40. The van der Waals surface area contributed by atoms with Crippen molar-refractivity contribution >= 4 is 35.1 Å². The van der Waals surface area contributed by atoms with Gasteiger partial charge < -0.3 is 0 Å². The molecule has 1 rings (SSSR count). The van der Waals surface area contributed by atoms with Crippen LogP contribution in [0.4, 0.5) is 13.2 Å². The Morgan fingerprint density at radius 1 is 1.29 bits per heavy atom. The summed E-state index contributed by atoms with van der Waals surface area (Å²) < 4.78 is 37.6. The summed E-state index contributed by atoms with van der Waals surface area (Å²) in [7, 11) is 0. The van der Waals surface area contributed by atoms with Crippen LogP contribution in [0.1, 0.15) is 11.1 Å². The van der Waals surface area contributed by atoms with Crippen molar-refractivity contribution < 1.29 is 13.2 Å². The van der Waals surface area contributed by atoms with Gasteiger partial charge in [-0.15, -0.1) is 0 Å². The molecule has 1 atom stereocenters. The Bertz CT molecular complexity index is 660. The number of rotatable bonds is 3. The molecule has 21 heavy (non-hydrogen) atoms. The Morgan fingerprint density at radius 3 is 2.19 bits per heavy atom. The van der Waals surface area contributed by atoms with E-state index in [-0.39, 0.29) is 15.6 Å². The second-order valence-electron chi connectivity index (χ2n) is 3.69. The van der Waals surface area contributed by atoms with Crippen molar-refractivity contribution in [3.63, 3.8) is 0 Å². The molecular formula is C12H5Cl2F3N4. The predicted molar refractivity (Wildman–Crippen MR) is 71.8 cm³/mol. The minimum absolute atomic E-state index is 0.0303. The molecule has 4 nitrogen and oxygen atoms in total. The van der Waals surface area contributed by atoms with E-state index in [4.69, 9.17) is 39.1 Å². The monoisotopic (exact) mass is 332 g/mol. The van der Waals surface area contributed by atoms with Crippen molar-refractivity contribution in [1.29, 1.82) is 15.9 Å². The molecule has 1 N–H and O–H groups in total. The number of benzene rings is 1. The highest BCUT2D eigenvalue weighted by atomic mass is 35.5. The minimum atomic E-state index is -4.60. The number of hydrogen-bond donors (Lipinski definition) is 1. The summed E-state index contributed by atoms with van der Waals surface area (Å²) >= 11 is 11.4. The maximum Gasteiger partial charge on any atom is 0.416 e. The number of nitrogens with one attached hydrogen (secondary N) is 1. The molecular weight excluding hydrogens is 328 g/mol. The fraction of sp³-hybridized carbons (Fsp3) is 0.167. The molecule has 0 spiro atoms. The molecule has 0 aliphatic rings. The van der Waals surface area contributed by atoms with Gasteiger partial charge in [0.05, 0.1) is 21.7 Å². The van der Waals surface area contributed by atoms with Gasteiger partial charge in [-0.25, -0.2) is 0 Å². The topological polar surface area (TPSA) is 83.8 Å². The van der Waals surface area contributed by atoms with Crippen molar-refractivity contribution in [2.45, 2.75) is 12.2 Å². The Labute approximate surface area is 127 Å². The molecule has 1 aromatic rings. The normalized spacial score (nSPS) is 12.7. The van der Waals surface area contributed by atoms with E-state index in [0.717, 1.165) is 6.21 Å². The molecule has 108 valence electrons. The summed E-state index contributed by atoms with van der Waals surface area (Å²) in [4.78, 5) is 3.61. The minimum Gasteiger partial charge on any atom is -0.291 e. The van der Waals surface area contributed by atoms with Crippen molar-refractivity contribution in [2.24, 2.45) is 4.99 Å². The van der Waals surface area contributed by atoms with Gasteiger partial charge in [0.15, 0.2) is 6.04 Å². The lowest BCUT2D eigenvalue weighted by molar-refractivity contribution is -0.137. The Hall–Kier alpha value is -2.09. The molecule has 0 amide bonds. The fourth-order valence-corrected chi connectivity index (χ4v) is 1.84. The summed E-state index contributed by atoms with van der Waals surface area (Å²) in [5, 5.41) is 23.8. The molecule has 0 heterocycles. The summed E-state index contributed by atoms with van der Waals surface area (Å²) in [6.45, 7) is 0. The van der Waals surface area contributed by atoms with E-state index in [1.54, 1.807) is 6.07 Å². The molecule has 0 aliphatic carbocycles. The van der Waals surface area contributed by atoms with Crippen LogP contribution in [0, 0.1) is 28.1 Å². The van der Waals surface area contributed by atoms with Crippen LogP contribution in [-0.4, -0.2) is 18.0 Å². The molecule has 0 aromatic heterocycles. The summed E-state index contributed by atoms with van der Waals surface area (Å²) in [6, 6.07) is 3.00. The molecule has 0 saturated heterocycles. The molecule has 1 aromatic carbocycles. The number of aliphatic imine (C=N–C) groups is 1. The lowest BCUT2D eigenvalue weighted by Gasteiger charge is -2.10. The SMILES string of the molecule is N#CC(=N)C(C#N)N=Cc1c(Cl)cc(C(F)(F)F)cc1Cl. The van der Waals surface area contributed by atoms with Gasteiger partial charge in [-0.2, -0.15) is 23.7 Å². The van der Waals surface area contributed by atoms with Gasteiger partial charge in [-0.05, 0) is 12.1 Å². The first-order valence-electron chi connectivity index (χ1n) is 5.18.